The molecule has 0 aromatic heterocycles. The molecular weight excluding hydrogens is 256 g/mol. The minimum atomic E-state index is -0.422. The molecule has 2 bridgehead atoms. The van der Waals surface area contributed by atoms with Crippen molar-refractivity contribution in [2.75, 3.05) is 6.54 Å². The number of fused-ring (bicyclic) bond motifs is 2. The van der Waals surface area contributed by atoms with Gasteiger partial charge >= 0.3 is 6.03 Å². The third kappa shape index (κ3) is 1.72. The van der Waals surface area contributed by atoms with Crippen molar-refractivity contribution in [1.29, 1.82) is 0 Å². The molecule has 0 radical (unpaired) electrons. The molecule has 3 heterocycles. The number of hydrogen-bond acceptors (Lipinski definition) is 4. The van der Waals surface area contributed by atoms with E-state index in [0.717, 1.165) is 5.56 Å². The van der Waals surface area contributed by atoms with Gasteiger partial charge in [0.2, 0.25) is 0 Å². The van der Waals surface area contributed by atoms with Crippen LogP contribution in [0.5, 0.6) is 0 Å². The molecule has 3 aliphatic rings. The number of nitrogens with two attached hydrogens (primary N) is 1. The zero-order valence-electron chi connectivity index (χ0n) is 11.6. The van der Waals surface area contributed by atoms with Crippen molar-refractivity contribution in [2.24, 2.45) is 5.84 Å². The van der Waals surface area contributed by atoms with Gasteiger partial charge in [-0.05, 0) is 25.8 Å². The van der Waals surface area contributed by atoms with Crippen molar-refractivity contribution >= 4 is 11.9 Å². The van der Waals surface area contributed by atoms with Crippen LogP contribution in [-0.2, 0) is 11.2 Å². The summed E-state index contributed by atoms with van der Waals surface area (Å²) in [5.41, 5.74) is 2.29. The van der Waals surface area contributed by atoms with Gasteiger partial charge in [-0.15, -0.1) is 5.12 Å². The highest BCUT2D eigenvalue weighted by atomic mass is 16.2. The Morgan fingerprint density at radius 2 is 1.85 bits per heavy atom. The molecule has 3 amide bonds. The van der Waals surface area contributed by atoms with Crippen LogP contribution in [0, 0.1) is 6.92 Å². The van der Waals surface area contributed by atoms with Crippen LogP contribution in [0.4, 0.5) is 4.79 Å². The fraction of sp³-hybridized carbons (Fsp3) is 0.429. The Morgan fingerprint density at radius 3 is 2.40 bits per heavy atom. The molecule has 4 rings (SSSR count). The summed E-state index contributed by atoms with van der Waals surface area (Å²) in [4.78, 5) is 25.7. The van der Waals surface area contributed by atoms with Crippen LogP contribution in [-0.4, -0.2) is 45.6 Å². The van der Waals surface area contributed by atoms with Gasteiger partial charge in [-0.2, -0.15) is 0 Å². The third-order valence-electron chi connectivity index (χ3n) is 4.04. The minimum Gasteiger partial charge on any atom is -0.272 e. The van der Waals surface area contributed by atoms with Gasteiger partial charge in [0.25, 0.3) is 5.91 Å². The topological polar surface area (TPSA) is 69.9 Å². The lowest BCUT2D eigenvalue weighted by Gasteiger charge is -2.59. The van der Waals surface area contributed by atoms with E-state index in [4.69, 9.17) is 5.84 Å². The van der Waals surface area contributed by atoms with Crippen molar-refractivity contribution in [3.63, 3.8) is 0 Å². The standard InChI is InChI=1S/C14H18N4O2/c1-3-16-13(19)12-11(17(14(16)20)18(12)15)8-10-6-4-9(2)5-7-10/h4-7,11-12H,3,8,15H2,1-2H3. The first-order valence-corrected chi connectivity index (χ1v) is 6.78. The Bertz CT molecular complexity index is 533. The van der Waals surface area contributed by atoms with Crippen LogP contribution in [0.15, 0.2) is 24.3 Å². The quantitative estimate of drug-likeness (QED) is 0.822. The van der Waals surface area contributed by atoms with Crippen LogP contribution >= 0.6 is 0 Å². The Morgan fingerprint density at radius 1 is 1.20 bits per heavy atom. The first-order valence-electron chi connectivity index (χ1n) is 6.78. The van der Waals surface area contributed by atoms with Crippen molar-refractivity contribution in [2.45, 2.75) is 32.4 Å². The minimum absolute atomic E-state index is 0.162. The van der Waals surface area contributed by atoms with Crippen molar-refractivity contribution in [1.82, 2.24) is 15.0 Å². The molecule has 2 N–H and O–H groups in total. The molecule has 0 spiro atoms. The molecule has 0 saturated carbocycles. The van der Waals surface area contributed by atoms with Gasteiger partial charge in [-0.3, -0.25) is 9.69 Å². The zero-order valence-corrected chi connectivity index (χ0v) is 11.6. The zero-order chi connectivity index (χ0) is 14.4. The number of carbonyl (C=O) groups is 2. The normalized spacial score (nSPS) is 25.9. The molecule has 3 aliphatic heterocycles. The molecule has 2 unspecified atom stereocenters. The Kier molecular flexibility index (Phi) is 2.99. The molecule has 106 valence electrons. The van der Waals surface area contributed by atoms with E-state index >= 15 is 0 Å². The van der Waals surface area contributed by atoms with Gasteiger partial charge in [-0.1, -0.05) is 29.8 Å². The summed E-state index contributed by atoms with van der Waals surface area (Å²) in [6.07, 6.45) is 0.647. The number of carbonyl (C=O) groups excluding carboxylic acids is 2. The summed E-state index contributed by atoms with van der Waals surface area (Å²) < 4.78 is 0. The van der Waals surface area contributed by atoms with Crippen molar-refractivity contribution < 1.29 is 9.59 Å². The van der Waals surface area contributed by atoms with Gasteiger partial charge in [-0.25, -0.2) is 15.6 Å². The monoisotopic (exact) mass is 274 g/mol. The van der Waals surface area contributed by atoms with Crippen LogP contribution < -0.4 is 5.84 Å². The largest absolute Gasteiger partial charge is 0.342 e. The first kappa shape index (κ1) is 13.1. The Hall–Kier alpha value is -1.92. The number of rotatable bonds is 3. The number of hydrogen-bond donors (Lipinski definition) is 1. The third-order valence-corrected chi connectivity index (χ3v) is 4.04. The van der Waals surface area contributed by atoms with E-state index in [1.807, 2.05) is 31.2 Å². The number of imide groups is 1. The summed E-state index contributed by atoms with van der Waals surface area (Å²) in [7, 11) is 0. The number of aryl methyl sites for hydroxylation is 1. The molecule has 1 aromatic rings. The fourth-order valence-electron chi connectivity index (χ4n) is 2.90. The van der Waals surface area contributed by atoms with Gasteiger partial charge in [0, 0.05) is 6.54 Å². The second-order valence-corrected chi connectivity index (χ2v) is 5.29. The van der Waals surface area contributed by atoms with Gasteiger partial charge < -0.3 is 0 Å². The van der Waals surface area contributed by atoms with Crippen LogP contribution in [0.1, 0.15) is 18.1 Å². The highest BCUT2D eigenvalue weighted by molar-refractivity contribution is 6.02. The second kappa shape index (κ2) is 4.57. The van der Waals surface area contributed by atoms with E-state index in [1.165, 1.54) is 20.6 Å². The van der Waals surface area contributed by atoms with E-state index in [-0.39, 0.29) is 18.0 Å². The molecule has 6 nitrogen and oxygen atoms in total. The predicted molar refractivity (Wildman–Crippen MR) is 73.1 cm³/mol. The maximum absolute atomic E-state index is 12.2. The summed E-state index contributed by atoms with van der Waals surface area (Å²) in [5, 5.41) is 2.74. The van der Waals surface area contributed by atoms with E-state index in [0.29, 0.717) is 13.0 Å². The number of likely N-dealkylation sites (N-methyl/N-ethyl adjacent to an activating group) is 1. The SMILES string of the molecule is CCN1C(=O)C2C(Cc3ccc(C)cc3)N(C1=O)N2N. The summed E-state index contributed by atoms with van der Waals surface area (Å²) in [6, 6.07) is 7.21. The van der Waals surface area contributed by atoms with Crippen molar-refractivity contribution in [3.8, 4) is 0 Å². The number of amides is 3. The Balaban J connectivity index is 1.81. The second-order valence-electron chi connectivity index (χ2n) is 5.29. The molecular formula is C14H18N4O2. The first-order chi connectivity index (χ1) is 9.54. The van der Waals surface area contributed by atoms with Crippen LogP contribution in [0.25, 0.3) is 0 Å². The van der Waals surface area contributed by atoms with Gasteiger partial charge in [0.1, 0.15) is 6.04 Å². The number of nitrogens with zero attached hydrogens (tertiary/aromatic N) is 3. The number of urea groups is 1. The summed E-state index contributed by atoms with van der Waals surface area (Å²) >= 11 is 0. The molecule has 6 heteroatoms. The summed E-state index contributed by atoms with van der Waals surface area (Å²) in [5.74, 6) is 5.59. The molecule has 0 aliphatic carbocycles. The fourth-order valence-corrected chi connectivity index (χ4v) is 2.90. The highest BCUT2D eigenvalue weighted by Crippen LogP contribution is 2.33. The lowest BCUT2D eigenvalue weighted by molar-refractivity contribution is -0.212. The van der Waals surface area contributed by atoms with E-state index < -0.39 is 6.04 Å². The van der Waals surface area contributed by atoms with Gasteiger partial charge in [0.05, 0.1) is 6.04 Å². The predicted octanol–water partition coefficient (Wildman–Crippen LogP) is 0.663. The molecule has 2 atom stereocenters. The van der Waals surface area contributed by atoms with Crippen LogP contribution in [0.2, 0.25) is 0 Å². The number of benzene rings is 1. The molecule has 20 heavy (non-hydrogen) atoms. The highest BCUT2D eigenvalue weighted by Gasteiger charge is 2.59. The summed E-state index contributed by atoms with van der Waals surface area (Å²) in [6.45, 7) is 4.20. The van der Waals surface area contributed by atoms with E-state index in [1.54, 1.807) is 6.92 Å². The van der Waals surface area contributed by atoms with Gasteiger partial charge in [0.15, 0.2) is 0 Å². The van der Waals surface area contributed by atoms with Crippen molar-refractivity contribution in [3.05, 3.63) is 35.4 Å². The average Bonchev–Trinajstić information content (AvgIpc) is 2.40. The van der Waals surface area contributed by atoms with E-state index in [9.17, 15) is 9.59 Å². The average molecular weight is 274 g/mol. The molecule has 3 fully saturated rings. The smallest absolute Gasteiger partial charge is 0.272 e. The maximum atomic E-state index is 12.2. The lowest BCUT2D eigenvalue weighted by atomic mass is 9.91. The van der Waals surface area contributed by atoms with E-state index in [2.05, 4.69) is 0 Å². The molecule has 3 saturated heterocycles. The Labute approximate surface area is 117 Å². The number of hydrazine groups is 2. The lowest BCUT2D eigenvalue weighted by Crippen LogP contribution is -2.85. The van der Waals surface area contributed by atoms with Crippen LogP contribution in [0.3, 0.4) is 0 Å². The molecule has 1 aromatic carbocycles. The maximum Gasteiger partial charge on any atom is 0.342 e.